The van der Waals surface area contributed by atoms with E-state index in [2.05, 4.69) is 4.84 Å². The van der Waals surface area contributed by atoms with Gasteiger partial charge in [-0.2, -0.15) is 0 Å². The zero-order valence-corrected chi connectivity index (χ0v) is 9.76. The number of para-hydroxylation sites is 2. The highest BCUT2D eigenvalue weighted by Crippen LogP contribution is 2.24. The normalized spacial score (nSPS) is 9.71. The smallest absolute Gasteiger partial charge is 0.262 e. The molecule has 1 N–H and O–H groups in total. The van der Waals surface area contributed by atoms with E-state index in [0.29, 0.717) is 0 Å². The standard InChI is InChI=1S/C13H11ClN2O/c14-15-13(17)16(11-7-3-1-4-8-11)12-9-5-2-6-10-12/h1-10H,(H,15,17). The van der Waals surface area contributed by atoms with E-state index in [9.17, 15) is 4.79 Å². The van der Waals surface area contributed by atoms with Gasteiger partial charge in [0.1, 0.15) is 0 Å². The Balaban J connectivity index is 2.43. The summed E-state index contributed by atoms with van der Waals surface area (Å²) in [4.78, 5) is 15.4. The van der Waals surface area contributed by atoms with Crippen molar-refractivity contribution < 1.29 is 4.79 Å². The molecule has 3 nitrogen and oxygen atoms in total. The van der Waals surface area contributed by atoms with E-state index in [1.165, 1.54) is 4.90 Å². The number of halogens is 1. The van der Waals surface area contributed by atoms with Crippen LogP contribution in [0.3, 0.4) is 0 Å². The maximum absolute atomic E-state index is 11.8. The van der Waals surface area contributed by atoms with E-state index in [1.54, 1.807) is 0 Å². The minimum absolute atomic E-state index is 0.385. The molecule has 17 heavy (non-hydrogen) atoms. The lowest BCUT2D eigenvalue weighted by Gasteiger charge is -2.21. The topological polar surface area (TPSA) is 32.3 Å². The second kappa shape index (κ2) is 5.37. The Morgan fingerprint density at radius 3 is 1.65 bits per heavy atom. The van der Waals surface area contributed by atoms with Crippen LogP contribution >= 0.6 is 11.8 Å². The van der Waals surface area contributed by atoms with E-state index in [0.717, 1.165) is 11.4 Å². The number of carbonyl (C=O) groups is 1. The number of benzene rings is 2. The van der Waals surface area contributed by atoms with Crippen molar-refractivity contribution >= 4 is 29.2 Å². The van der Waals surface area contributed by atoms with Crippen LogP contribution in [0.1, 0.15) is 0 Å². The van der Waals surface area contributed by atoms with E-state index < -0.39 is 0 Å². The van der Waals surface area contributed by atoms with Crippen molar-refractivity contribution in [2.45, 2.75) is 0 Å². The SMILES string of the molecule is O=C(NCl)N(c1ccccc1)c1ccccc1. The molecule has 4 heteroatoms. The molecule has 0 bridgehead atoms. The van der Waals surface area contributed by atoms with Crippen LogP contribution in [0.25, 0.3) is 0 Å². The summed E-state index contributed by atoms with van der Waals surface area (Å²) in [6.07, 6.45) is 0. The van der Waals surface area contributed by atoms with Gasteiger partial charge in [0.2, 0.25) is 0 Å². The van der Waals surface area contributed by atoms with Crippen molar-refractivity contribution in [1.29, 1.82) is 0 Å². The van der Waals surface area contributed by atoms with Gasteiger partial charge in [0.25, 0.3) is 0 Å². The van der Waals surface area contributed by atoms with Crippen molar-refractivity contribution in [1.82, 2.24) is 4.84 Å². The number of anilines is 2. The van der Waals surface area contributed by atoms with Gasteiger partial charge in [0, 0.05) is 11.8 Å². The number of hydrogen-bond acceptors (Lipinski definition) is 1. The molecule has 0 saturated carbocycles. The van der Waals surface area contributed by atoms with E-state index in [4.69, 9.17) is 11.8 Å². The lowest BCUT2D eigenvalue weighted by atomic mass is 10.2. The third kappa shape index (κ3) is 2.57. The molecular formula is C13H11ClN2O. The van der Waals surface area contributed by atoms with Crippen LogP contribution < -0.4 is 9.74 Å². The molecule has 0 aliphatic rings. The summed E-state index contributed by atoms with van der Waals surface area (Å²) < 4.78 is 0. The van der Waals surface area contributed by atoms with Crippen LogP contribution in [0, 0.1) is 0 Å². The van der Waals surface area contributed by atoms with E-state index in [-0.39, 0.29) is 6.03 Å². The van der Waals surface area contributed by atoms with Crippen LogP contribution in [-0.4, -0.2) is 6.03 Å². The summed E-state index contributed by atoms with van der Waals surface area (Å²) >= 11 is 5.41. The largest absolute Gasteiger partial charge is 0.341 e. The third-order valence-corrected chi connectivity index (χ3v) is 2.47. The summed E-state index contributed by atoms with van der Waals surface area (Å²) in [6.45, 7) is 0. The highest BCUT2D eigenvalue weighted by atomic mass is 35.5. The number of carbonyl (C=O) groups excluding carboxylic acids is 1. The Labute approximate surface area is 105 Å². The Morgan fingerprint density at radius 1 is 0.882 bits per heavy atom. The summed E-state index contributed by atoms with van der Waals surface area (Å²) in [5.41, 5.74) is 1.52. The zero-order valence-electron chi connectivity index (χ0n) is 9.01. The predicted molar refractivity (Wildman–Crippen MR) is 69.4 cm³/mol. The number of nitrogens with one attached hydrogen (secondary N) is 1. The molecule has 0 fully saturated rings. The van der Waals surface area contributed by atoms with Gasteiger partial charge in [-0.15, -0.1) is 0 Å². The fourth-order valence-electron chi connectivity index (χ4n) is 1.58. The van der Waals surface area contributed by atoms with Gasteiger partial charge in [-0.1, -0.05) is 36.4 Å². The first-order valence-corrected chi connectivity index (χ1v) is 5.51. The summed E-state index contributed by atoms with van der Waals surface area (Å²) in [7, 11) is 0. The molecule has 2 aromatic rings. The van der Waals surface area contributed by atoms with Crippen molar-refractivity contribution in [3.63, 3.8) is 0 Å². The molecule has 0 atom stereocenters. The maximum Gasteiger partial charge on any atom is 0.341 e. The van der Waals surface area contributed by atoms with E-state index in [1.807, 2.05) is 60.7 Å². The third-order valence-electron chi connectivity index (χ3n) is 2.31. The predicted octanol–water partition coefficient (Wildman–Crippen LogP) is 3.69. The van der Waals surface area contributed by atoms with Gasteiger partial charge in [0.15, 0.2) is 0 Å². The molecule has 86 valence electrons. The van der Waals surface area contributed by atoms with Crippen LogP contribution in [0.5, 0.6) is 0 Å². The molecular weight excluding hydrogens is 236 g/mol. The highest BCUT2D eigenvalue weighted by molar-refractivity contribution is 6.24. The van der Waals surface area contributed by atoms with Crippen molar-refractivity contribution in [2.75, 3.05) is 4.90 Å². The molecule has 0 heterocycles. The minimum atomic E-state index is -0.385. The second-order valence-corrected chi connectivity index (χ2v) is 3.60. The molecule has 0 spiro atoms. The molecule has 2 rings (SSSR count). The first kappa shape index (κ1) is 11.5. The van der Waals surface area contributed by atoms with Crippen LogP contribution in [0.4, 0.5) is 16.2 Å². The molecule has 0 aliphatic carbocycles. The quantitative estimate of drug-likeness (QED) is 0.806. The first-order valence-electron chi connectivity index (χ1n) is 5.14. The van der Waals surface area contributed by atoms with Gasteiger partial charge < -0.3 is 0 Å². The van der Waals surface area contributed by atoms with Crippen molar-refractivity contribution in [2.24, 2.45) is 0 Å². The molecule has 0 radical (unpaired) electrons. The van der Waals surface area contributed by atoms with Crippen LogP contribution in [-0.2, 0) is 0 Å². The zero-order chi connectivity index (χ0) is 12.1. The minimum Gasteiger partial charge on any atom is -0.262 e. The van der Waals surface area contributed by atoms with E-state index >= 15 is 0 Å². The monoisotopic (exact) mass is 246 g/mol. The van der Waals surface area contributed by atoms with Gasteiger partial charge >= 0.3 is 6.03 Å². The van der Waals surface area contributed by atoms with Gasteiger partial charge in [0.05, 0.1) is 11.4 Å². The van der Waals surface area contributed by atoms with Gasteiger partial charge in [-0.05, 0) is 24.3 Å². The number of hydrogen-bond donors (Lipinski definition) is 1. The average Bonchev–Trinajstić information content (AvgIpc) is 2.41. The Kier molecular flexibility index (Phi) is 3.62. The Bertz CT molecular complexity index is 448. The van der Waals surface area contributed by atoms with Crippen LogP contribution in [0.2, 0.25) is 0 Å². The second-order valence-electron chi connectivity index (χ2n) is 3.41. The lowest BCUT2D eigenvalue weighted by Crippen LogP contribution is -2.31. The fourth-order valence-corrected chi connectivity index (χ4v) is 1.66. The molecule has 0 saturated heterocycles. The number of nitrogens with zero attached hydrogens (tertiary/aromatic N) is 1. The number of amides is 2. The lowest BCUT2D eigenvalue weighted by molar-refractivity contribution is 0.253. The fraction of sp³-hybridized carbons (Fsp3) is 0. The number of urea groups is 1. The Hall–Kier alpha value is -2.00. The summed E-state index contributed by atoms with van der Waals surface area (Å²) in [6, 6.07) is 18.3. The average molecular weight is 247 g/mol. The molecule has 2 aromatic carbocycles. The van der Waals surface area contributed by atoms with Crippen molar-refractivity contribution in [3.05, 3.63) is 60.7 Å². The maximum atomic E-state index is 11.8. The molecule has 2 amide bonds. The Morgan fingerprint density at radius 2 is 1.29 bits per heavy atom. The highest BCUT2D eigenvalue weighted by Gasteiger charge is 2.16. The summed E-state index contributed by atoms with van der Waals surface area (Å²) in [5.74, 6) is 0. The molecule has 0 aliphatic heterocycles. The van der Waals surface area contributed by atoms with Crippen molar-refractivity contribution in [3.8, 4) is 0 Å². The van der Waals surface area contributed by atoms with Crippen LogP contribution in [0.15, 0.2) is 60.7 Å². The summed E-state index contributed by atoms with van der Waals surface area (Å²) in [5, 5.41) is 0. The van der Waals surface area contributed by atoms with Gasteiger partial charge in [-0.25, -0.2) is 9.63 Å². The van der Waals surface area contributed by atoms with Gasteiger partial charge in [-0.3, -0.25) is 4.90 Å². The molecule has 0 aromatic heterocycles. The number of rotatable bonds is 2. The first-order chi connectivity index (χ1) is 8.33. The molecule has 0 unspecified atom stereocenters.